The monoisotopic (exact) mass is 514 g/mol. The van der Waals surface area contributed by atoms with E-state index < -0.39 is 23.6 Å². The maximum atomic E-state index is 12.3. The van der Waals surface area contributed by atoms with E-state index in [2.05, 4.69) is 32.3 Å². The Kier molecular flexibility index (Phi) is 5.73. The first-order chi connectivity index (χ1) is 16.4. The molecule has 1 aromatic carbocycles. The summed E-state index contributed by atoms with van der Waals surface area (Å²) in [4.78, 5) is 34.0. The van der Waals surface area contributed by atoms with E-state index in [0.29, 0.717) is 43.1 Å². The summed E-state index contributed by atoms with van der Waals surface area (Å²) in [5.41, 5.74) is 0.0795. The molecular weight excluding hydrogens is 500 g/mol. The molecule has 2 N–H and O–H groups in total. The molecule has 0 spiro atoms. The highest BCUT2D eigenvalue weighted by atomic mass is 35.5. The third-order valence-corrected chi connectivity index (χ3v) is 7.75. The minimum atomic E-state index is -0.852. The summed E-state index contributed by atoms with van der Waals surface area (Å²) < 4.78 is 10.5. The van der Waals surface area contributed by atoms with Gasteiger partial charge in [0.05, 0.1) is 6.20 Å². The molecule has 1 amide bonds. The number of halogens is 1. The number of amides is 1. The largest absolute Gasteiger partial charge is 0.481 e. The van der Waals surface area contributed by atoms with Gasteiger partial charge < -0.3 is 14.4 Å². The van der Waals surface area contributed by atoms with E-state index in [4.69, 9.17) is 20.9 Å². The van der Waals surface area contributed by atoms with Crippen LogP contribution >= 0.6 is 34.3 Å². The number of benzene rings is 1. The third kappa shape index (κ3) is 4.23. The predicted molar refractivity (Wildman–Crippen MR) is 126 cm³/mol. The molecule has 0 radical (unpaired) electrons. The Labute approximate surface area is 205 Å². The second-order valence-corrected chi connectivity index (χ2v) is 9.91. The van der Waals surface area contributed by atoms with Crippen molar-refractivity contribution in [3.05, 3.63) is 56.8 Å². The van der Waals surface area contributed by atoms with Crippen LogP contribution in [-0.4, -0.2) is 32.3 Å². The number of nitrogens with one attached hydrogen (secondary N) is 1. The van der Waals surface area contributed by atoms with Gasteiger partial charge >= 0.3 is 12.1 Å². The first-order valence-electron chi connectivity index (χ1n) is 10.1. The van der Waals surface area contributed by atoms with Gasteiger partial charge in [-0.3, -0.25) is 10.1 Å². The van der Waals surface area contributed by atoms with Crippen LogP contribution in [0.15, 0.2) is 35.0 Å². The zero-order valence-corrected chi connectivity index (χ0v) is 19.9. The fourth-order valence-corrected chi connectivity index (χ4v) is 5.67. The normalized spacial score (nSPS) is 14.8. The molecule has 1 aliphatic carbocycles. The van der Waals surface area contributed by atoms with E-state index in [-0.39, 0.29) is 11.4 Å². The topological polar surface area (TPSA) is 127 Å². The number of carboxylic acid groups (broad SMARTS) is 1. The molecule has 172 valence electrons. The van der Waals surface area contributed by atoms with Crippen molar-refractivity contribution in [2.75, 3.05) is 5.32 Å². The number of ether oxygens (including phenoxy) is 1. The zero-order valence-electron chi connectivity index (χ0n) is 17.5. The van der Waals surface area contributed by atoms with Crippen molar-refractivity contribution < 1.29 is 24.0 Å². The van der Waals surface area contributed by atoms with Gasteiger partial charge in [0.15, 0.2) is 14.7 Å². The number of carbonyl (C=O) groups excluding carboxylic acids is 1. The summed E-state index contributed by atoms with van der Waals surface area (Å²) >= 11 is 8.68. The molecule has 12 heteroatoms. The Balaban J connectivity index is 1.27. The highest BCUT2D eigenvalue weighted by Crippen LogP contribution is 2.50. The molecule has 0 aliphatic heterocycles. The number of carboxylic acids is 1. The standard InChI is InChI=1S/C22H15ClN4O5S2/c1-11(12-4-2-3-5-13(12)23)31-21(30)25-14-10-24-32-15(14)6-7-16-26-17-18(33-16)27-19(34-17)22(8-9-22)20(28)29/h2-5,10-11H,8-9H2,1H3,(H,25,30)(H,28,29). The minimum Gasteiger partial charge on any atom is -0.481 e. The number of nitrogens with zero attached hydrogens (tertiary/aromatic N) is 3. The van der Waals surface area contributed by atoms with Crippen LogP contribution < -0.4 is 5.32 Å². The van der Waals surface area contributed by atoms with Crippen LogP contribution in [0, 0.1) is 11.8 Å². The predicted octanol–water partition coefficient (Wildman–Crippen LogP) is 5.22. The molecule has 1 saturated carbocycles. The molecule has 1 unspecified atom stereocenters. The van der Waals surface area contributed by atoms with E-state index in [0.717, 1.165) is 0 Å². The highest BCUT2D eigenvalue weighted by Gasteiger charge is 2.54. The summed E-state index contributed by atoms with van der Waals surface area (Å²) in [6, 6.07) is 7.10. The molecule has 3 heterocycles. The Morgan fingerprint density at radius 2 is 2.00 bits per heavy atom. The van der Waals surface area contributed by atoms with Gasteiger partial charge in [-0.05, 0) is 37.7 Å². The van der Waals surface area contributed by atoms with E-state index in [1.54, 1.807) is 25.1 Å². The Morgan fingerprint density at radius 1 is 1.24 bits per heavy atom. The number of hydrogen-bond donors (Lipinski definition) is 2. The second-order valence-electron chi connectivity index (χ2n) is 7.55. The Morgan fingerprint density at radius 3 is 2.71 bits per heavy atom. The minimum absolute atomic E-state index is 0.136. The second kappa shape index (κ2) is 8.72. The first kappa shape index (κ1) is 22.3. The fraction of sp³-hybridized carbons (Fsp3) is 0.227. The van der Waals surface area contributed by atoms with Crippen molar-refractivity contribution in [3.8, 4) is 11.8 Å². The van der Waals surface area contributed by atoms with Gasteiger partial charge in [-0.25, -0.2) is 14.8 Å². The summed E-state index contributed by atoms with van der Waals surface area (Å²) in [7, 11) is 0. The quantitative estimate of drug-likeness (QED) is 0.347. The maximum Gasteiger partial charge on any atom is 0.412 e. The average molecular weight is 515 g/mol. The van der Waals surface area contributed by atoms with Crippen LogP contribution in [0.5, 0.6) is 0 Å². The van der Waals surface area contributed by atoms with E-state index in [1.807, 2.05) is 6.07 Å². The molecule has 1 aliphatic rings. The van der Waals surface area contributed by atoms with E-state index in [1.165, 1.54) is 28.9 Å². The number of rotatable bonds is 5. The van der Waals surface area contributed by atoms with Gasteiger partial charge in [0.25, 0.3) is 0 Å². The lowest BCUT2D eigenvalue weighted by Gasteiger charge is -2.14. The van der Waals surface area contributed by atoms with Crippen LogP contribution in [0.25, 0.3) is 9.66 Å². The number of aromatic nitrogens is 3. The molecule has 9 nitrogen and oxygen atoms in total. The van der Waals surface area contributed by atoms with Crippen LogP contribution in [0.3, 0.4) is 0 Å². The van der Waals surface area contributed by atoms with Crippen LogP contribution in [0.2, 0.25) is 5.02 Å². The van der Waals surface area contributed by atoms with Crippen LogP contribution in [0.1, 0.15) is 47.2 Å². The number of fused-ring (bicyclic) bond motifs is 1. The smallest absolute Gasteiger partial charge is 0.412 e. The van der Waals surface area contributed by atoms with Crippen molar-refractivity contribution in [1.29, 1.82) is 0 Å². The van der Waals surface area contributed by atoms with Gasteiger partial charge in [0.1, 0.15) is 22.2 Å². The van der Waals surface area contributed by atoms with Crippen molar-refractivity contribution >= 4 is 61.7 Å². The molecule has 1 atom stereocenters. The van der Waals surface area contributed by atoms with E-state index >= 15 is 0 Å². The number of thiazole rings is 2. The molecule has 34 heavy (non-hydrogen) atoms. The molecule has 0 saturated heterocycles. The van der Waals surface area contributed by atoms with Gasteiger partial charge in [0.2, 0.25) is 5.76 Å². The number of anilines is 1. The summed E-state index contributed by atoms with van der Waals surface area (Å²) in [6.45, 7) is 1.71. The Bertz CT molecular complexity index is 1450. The van der Waals surface area contributed by atoms with Crippen molar-refractivity contribution in [2.45, 2.75) is 31.3 Å². The molecule has 5 rings (SSSR count). The molecule has 3 aromatic heterocycles. The van der Waals surface area contributed by atoms with Crippen molar-refractivity contribution in [3.63, 3.8) is 0 Å². The maximum absolute atomic E-state index is 12.3. The Hall–Kier alpha value is -3.46. The van der Waals surface area contributed by atoms with Crippen LogP contribution in [0.4, 0.5) is 10.5 Å². The lowest BCUT2D eigenvalue weighted by atomic mass is 10.1. The fourth-order valence-electron chi connectivity index (χ4n) is 3.24. The summed E-state index contributed by atoms with van der Waals surface area (Å²) in [5.74, 6) is 4.96. The SMILES string of the molecule is CC(OC(=O)Nc1cnoc1C#Cc1nc2sc(C3(C(=O)O)CC3)nc2s1)c1ccccc1Cl. The van der Waals surface area contributed by atoms with Gasteiger partial charge in [-0.15, -0.1) is 0 Å². The van der Waals surface area contributed by atoms with Crippen molar-refractivity contribution in [2.24, 2.45) is 0 Å². The third-order valence-electron chi connectivity index (χ3n) is 5.26. The molecule has 1 fully saturated rings. The first-order valence-corrected chi connectivity index (χ1v) is 12.1. The lowest BCUT2D eigenvalue weighted by molar-refractivity contribution is -0.140. The van der Waals surface area contributed by atoms with Gasteiger partial charge in [-0.1, -0.05) is 57.6 Å². The summed E-state index contributed by atoms with van der Waals surface area (Å²) in [5, 5.41) is 17.2. The van der Waals surface area contributed by atoms with Gasteiger partial charge in [0, 0.05) is 10.6 Å². The van der Waals surface area contributed by atoms with Gasteiger partial charge in [-0.2, -0.15) is 0 Å². The number of carbonyl (C=O) groups is 2. The van der Waals surface area contributed by atoms with Crippen LogP contribution in [-0.2, 0) is 14.9 Å². The van der Waals surface area contributed by atoms with E-state index in [9.17, 15) is 14.7 Å². The highest BCUT2D eigenvalue weighted by molar-refractivity contribution is 7.26. The van der Waals surface area contributed by atoms with Crippen molar-refractivity contribution in [1.82, 2.24) is 15.1 Å². The number of aliphatic carboxylic acids is 1. The average Bonchev–Trinajstić information content (AvgIpc) is 3.12. The molecule has 4 aromatic rings. The molecule has 0 bridgehead atoms. The lowest BCUT2D eigenvalue weighted by Crippen LogP contribution is -2.18. The molecular formula is C22H15ClN4O5S2. The summed E-state index contributed by atoms with van der Waals surface area (Å²) in [6.07, 6.45) is 1.23. The number of hydrogen-bond acceptors (Lipinski definition) is 9. The zero-order chi connectivity index (χ0) is 23.9.